The summed E-state index contributed by atoms with van der Waals surface area (Å²) in [5.41, 5.74) is 3.37. The Morgan fingerprint density at radius 1 is 1.00 bits per heavy atom. The van der Waals surface area contributed by atoms with E-state index in [4.69, 9.17) is 15.1 Å². The molecule has 0 aliphatic rings. The molecule has 2 atom stereocenters. The van der Waals surface area contributed by atoms with Crippen LogP contribution in [-0.4, -0.2) is 77.5 Å². The topological polar surface area (TPSA) is 148 Å². The molecule has 10 heteroatoms. The highest BCUT2D eigenvalue weighted by molar-refractivity contribution is 6.08. The number of nitrogens with zero attached hydrogens (tertiary/aromatic N) is 1. The normalized spacial score (nSPS) is 12.4. The molecule has 0 spiro atoms. The zero-order valence-electron chi connectivity index (χ0n) is 17.8. The predicted octanol–water partition coefficient (Wildman–Crippen LogP) is 0.168. The highest BCUT2D eigenvalue weighted by Crippen LogP contribution is 2.23. The Balaban J connectivity index is 2.08. The number of likely N-dealkylation sites (N-methyl/N-ethyl adjacent to an activating group) is 2. The molecular formula is C22H27N3O7. The first-order valence-corrected chi connectivity index (χ1v) is 9.87. The SMILES string of the molecule is CNC(=O)C(C(=O)NO)N(C)C(=O)c1ccc(-c2ccc(OCCC(O)CO)cc2)cc1. The number of carbonyl (C=O) groups is 3. The van der Waals surface area contributed by atoms with Gasteiger partial charge < -0.3 is 25.2 Å². The molecular weight excluding hydrogens is 418 g/mol. The van der Waals surface area contributed by atoms with Gasteiger partial charge in [-0.1, -0.05) is 24.3 Å². The van der Waals surface area contributed by atoms with Crippen molar-refractivity contribution in [2.75, 3.05) is 27.3 Å². The van der Waals surface area contributed by atoms with Crippen LogP contribution in [0.2, 0.25) is 0 Å². The lowest BCUT2D eigenvalue weighted by Gasteiger charge is -2.25. The van der Waals surface area contributed by atoms with Crippen molar-refractivity contribution in [1.29, 1.82) is 0 Å². The summed E-state index contributed by atoms with van der Waals surface area (Å²) in [5, 5.41) is 29.3. The van der Waals surface area contributed by atoms with Crippen molar-refractivity contribution in [1.82, 2.24) is 15.7 Å². The van der Waals surface area contributed by atoms with Crippen molar-refractivity contribution in [2.45, 2.75) is 18.6 Å². The van der Waals surface area contributed by atoms with Gasteiger partial charge in [-0.2, -0.15) is 0 Å². The van der Waals surface area contributed by atoms with Crippen molar-refractivity contribution in [3.05, 3.63) is 54.1 Å². The van der Waals surface area contributed by atoms with Gasteiger partial charge in [-0.05, 0) is 35.4 Å². The molecule has 2 aromatic rings. The van der Waals surface area contributed by atoms with Crippen LogP contribution in [0.1, 0.15) is 16.8 Å². The third-order valence-electron chi connectivity index (χ3n) is 4.81. The minimum absolute atomic E-state index is 0.262. The summed E-state index contributed by atoms with van der Waals surface area (Å²) in [6, 6.07) is 12.3. The van der Waals surface area contributed by atoms with E-state index in [0.29, 0.717) is 12.2 Å². The fraction of sp³-hybridized carbons (Fsp3) is 0.318. The lowest BCUT2D eigenvalue weighted by molar-refractivity contribution is -0.140. The van der Waals surface area contributed by atoms with Gasteiger partial charge in [0.05, 0.1) is 19.3 Å². The van der Waals surface area contributed by atoms with Crippen LogP contribution in [0.3, 0.4) is 0 Å². The van der Waals surface area contributed by atoms with Crippen LogP contribution in [0.5, 0.6) is 5.75 Å². The maximum Gasteiger partial charge on any atom is 0.275 e. The highest BCUT2D eigenvalue weighted by Gasteiger charge is 2.33. The molecule has 0 saturated heterocycles. The molecule has 0 fully saturated rings. The van der Waals surface area contributed by atoms with E-state index in [-0.39, 0.29) is 18.8 Å². The number of aliphatic hydroxyl groups is 2. The number of rotatable bonds is 10. The Labute approximate surface area is 185 Å². The fourth-order valence-corrected chi connectivity index (χ4v) is 2.94. The highest BCUT2D eigenvalue weighted by atomic mass is 16.5. The summed E-state index contributed by atoms with van der Waals surface area (Å²) in [5.74, 6) is -1.71. The summed E-state index contributed by atoms with van der Waals surface area (Å²) < 4.78 is 5.52. The molecule has 0 heterocycles. The quantitative estimate of drug-likeness (QED) is 0.199. The second-order valence-corrected chi connectivity index (χ2v) is 6.98. The number of hydrogen-bond acceptors (Lipinski definition) is 7. The van der Waals surface area contributed by atoms with E-state index in [1.807, 2.05) is 12.1 Å². The summed E-state index contributed by atoms with van der Waals surface area (Å²) in [6.45, 7) is -0.0333. The van der Waals surface area contributed by atoms with Crippen molar-refractivity contribution >= 4 is 17.7 Å². The first-order valence-electron chi connectivity index (χ1n) is 9.87. The van der Waals surface area contributed by atoms with Crippen LogP contribution in [-0.2, 0) is 9.59 Å². The minimum Gasteiger partial charge on any atom is -0.493 e. The third-order valence-corrected chi connectivity index (χ3v) is 4.81. The van der Waals surface area contributed by atoms with E-state index < -0.39 is 29.9 Å². The molecule has 0 aliphatic carbocycles. The number of hydrogen-bond donors (Lipinski definition) is 5. The molecule has 0 aromatic heterocycles. The van der Waals surface area contributed by atoms with E-state index in [1.165, 1.54) is 19.6 Å². The fourth-order valence-electron chi connectivity index (χ4n) is 2.94. The summed E-state index contributed by atoms with van der Waals surface area (Å²) in [6.07, 6.45) is -0.484. The van der Waals surface area contributed by atoms with E-state index in [0.717, 1.165) is 16.0 Å². The smallest absolute Gasteiger partial charge is 0.275 e. The van der Waals surface area contributed by atoms with Gasteiger partial charge in [0.15, 0.2) is 6.04 Å². The number of amides is 3. The van der Waals surface area contributed by atoms with E-state index in [2.05, 4.69) is 5.32 Å². The summed E-state index contributed by atoms with van der Waals surface area (Å²) >= 11 is 0. The number of hydroxylamine groups is 1. The standard InChI is InChI=1S/C22H27N3O7/c1-23-20(28)19(21(29)24-31)25(2)22(30)16-5-3-14(4-6-16)15-7-9-18(10-8-15)32-12-11-17(27)13-26/h3-10,17,19,26-27,31H,11-13H2,1-2H3,(H,23,28)(H,24,29). The molecule has 10 nitrogen and oxygen atoms in total. The Morgan fingerprint density at radius 2 is 1.56 bits per heavy atom. The van der Waals surface area contributed by atoms with Crippen molar-refractivity contribution < 1.29 is 34.5 Å². The van der Waals surface area contributed by atoms with Gasteiger partial charge in [0, 0.05) is 26.1 Å². The Hall–Kier alpha value is -3.47. The molecule has 0 bridgehead atoms. The summed E-state index contributed by atoms with van der Waals surface area (Å²) in [7, 11) is 2.62. The molecule has 0 aliphatic heterocycles. The van der Waals surface area contributed by atoms with Gasteiger partial charge in [0.1, 0.15) is 5.75 Å². The van der Waals surface area contributed by atoms with E-state index in [9.17, 15) is 19.5 Å². The zero-order valence-corrected chi connectivity index (χ0v) is 17.8. The van der Waals surface area contributed by atoms with Gasteiger partial charge in [-0.3, -0.25) is 19.6 Å². The maximum absolute atomic E-state index is 12.7. The van der Waals surface area contributed by atoms with Crippen molar-refractivity contribution in [3.63, 3.8) is 0 Å². The molecule has 0 radical (unpaired) electrons. The largest absolute Gasteiger partial charge is 0.493 e. The number of aliphatic hydroxyl groups excluding tert-OH is 2. The molecule has 2 aromatic carbocycles. The molecule has 5 N–H and O–H groups in total. The van der Waals surface area contributed by atoms with Crippen molar-refractivity contribution in [3.8, 4) is 16.9 Å². The van der Waals surface area contributed by atoms with Crippen molar-refractivity contribution in [2.24, 2.45) is 0 Å². The Morgan fingerprint density at radius 3 is 2.06 bits per heavy atom. The van der Waals surface area contributed by atoms with Crippen LogP contribution in [0.25, 0.3) is 11.1 Å². The minimum atomic E-state index is -1.52. The Kier molecular flexibility index (Phi) is 9.14. The first-order chi connectivity index (χ1) is 15.3. The number of carbonyl (C=O) groups excluding carboxylic acids is 3. The third kappa shape index (κ3) is 6.27. The first kappa shape index (κ1) is 24.8. The predicted molar refractivity (Wildman–Crippen MR) is 115 cm³/mol. The molecule has 32 heavy (non-hydrogen) atoms. The number of nitrogens with one attached hydrogen (secondary N) is 2. The second kappa shape index (κ2) is 11.8. The lowest BCUT2D eigenvalue weighted by Crippen LogP contribution is -2.54. The van der Waals surface area contributed by atoms with Gasteiger partial charge in [0.25, 0.3) is 17.7 Å². The molecule has 2 unspecified atom stereocenters. The van der Waals surface area contributed by atoms with Gasteiger partial charge in [-0.15, -0.1) is 0 Å². The van der Waals surface area contributed by atoms with E-state index >= 15 is 0 Å². The van der Waals surface area contributed by atoms with Crippen LogP contribution in [0.15, 0.2) is 48.5 Å². The summed E-state index contributed by atoms with van der Waals surface area (Å²) in [4.78, 5) is 37.4. The molecule has 3 amide bonds. The van der Waals surface area contributed by atoms with Crippen LogP contribution in [0, 0.1) is 0 Å². The van der Waals surface area contributed by atoms with Gasteiger partial charge >= 0.3 is 0 Å². The number of ether oxygens (including phenoxy) is 1. The van der Waals surface area contributed by atoms with Crippen LogP contribution >= 0.6 is 0 Å². The monoisotopic (exact) mass is 445 g/mol. The lowest BCUT2D eigenvalue weighted by atomic mass is 10.0. The molecule has 2 rings (SSSR count). The van der Waals surface area contributed by atoms with Gasteiger partial charge in [0.2, 0.25) is 0 Å². The number of benzene rings is 2. The van der Waals surface area contributed by atoms with Gasteiger partial charge in [-0.25, -0.2) is 5.48 Å². The maximum atomic E-state index is 12.7. The van der Waals surface area contributed by atoms with Crippen LogP contribution < -0.4 is 15.5 Å². The van der Waals surface area contributed by atoms with E-state index in [1.54, 1.807) is 36.4 Å². The molecule has 0 saturated carbocycles. The average molecular weight is 445 g/mol. The zero-order chi connectivity index (χ0) is 23.7. The average Bonchev–Trinajstić information content (AvgIpc) is 2.83. The van der Waals surface area contributed by atoms with Crippen LogP contribution in [0.4, 0.5) is 0 Å². The Bertz CT molecular complexity index is 900. The second-order valence-electron chi connectivity index (χ2n) is 6.98. The molecule has 172 valence electrons.